The SMILES string of the molecule is N#Cc1ccccc1NC(=O)C(=O)NCCN1CCN(c2ccccc2F)CC1. The first-order chi connectivity index (χ1) is 14.1. The van der Waals surface area contributed by atoms with Crippen LogP contribution < -0.4 is 15.5 Å². The van der Waals surface area contributed by atoms with Gasteiger partial charge in [0.05, 0.1) is 16.9 Å². The van der Waals surface area contributed by atoms with Gasteiger partial charge in [0.2, 0.25) is 0 Å². The van der Waals surface area contributed by atoms with Crippen molar-refractivity contribution in [3.05, 3.63) is 59.9 Å². The third-order valence-corrected chi connectivity index (χ3v) is 4.78. The fourth-order valence-electron chi connectivity index (χ4n) is 3.20. The molecule has 2 aromatic carbocycles. The van der Waals surface area contributed by atoms with Gasteiger partial charge in [-0.05, 0) is 24.3 Å². The van der Waals surface area contributed by atoms with Crippen LogP contribution in [0.3, 0.4) is 0 Å². The lowest BCUT2D eigenvalue weighted by molar-refractivity contribution is -0.136. The molecular formula is C21H22FN5O2. The Balaban J connectivity index is 1.40. The summed E-state index contributed by atoms with van der Waals surface area (Å²) in [5.41, 5.74) is 1.20. The van der Waals surface area contributed by atoms with Crippen LogP contribution in [0, 0.1) is 17.1 Å². The molecule has 29 heavy (non-hydrogen) atoms. The van der Waals surface area contributed by atoms with Crippen LogP contribution >= 0.6 is 0 Å². The van der Waals surface area contributed by atoms with Gasteiger partial charge < -0.3 is 15.5 Å². The Morgan fingerprint density at radius 1 is 1.00 bits per heavy atom. The van der Waals surface area contributed by atoms with Crippen LogP contribution in [0.5, 0.6) is 0 Å². The first kappa shape index (κ1) is 20.3. The highest BCUT2D eigenvalue weighted by molar-refractivity contribution is 6.39. The summed E-state index contributed by atoms with van der Waals surface area (Å²) in [5.74, 6) is -1.78. The van der Waals surface area contributed by atoms with E-state index < -0.39 is 11.8 Å². The highest BCUT2D eigenvalue weighted by atomic mass is 19.1. The second kappa shape index (κ2) is 9.66. The molecule has 1 fully saturated rings. The number of benzene rings is 2. The average Bonchev–Trinajstić information content (AvgIpc) is 2.75. The minimum atomic E-state index is -0.808. The predicted molar refractivity (Wildman–Crippen MR) is 108 cm³/mol. The molecule has 0 unspecified atom stereocenters. The van der Waals surface area contributed by atoms with Crippen LogP contribution in [0.25, 0.3) is 0 Å². The molecule has 1 aliphatic heterocycles. The van der Waals surface area contributed by atoms with Gasteiger partial charge in [-0.2, -0.15) is 5.26 Å². The first-order valence-corrected chi connectivity index (χ1v) is 9.38. The van der Waals surface area contributed by atoms with Gasteiger partial charge >= 0.3 is 11.8 Å². The van der Waals surface area contributed by atoms with Crippen LogP contribution in [0.15, 0.2) is 48.5 Å². The Bertz CT molecular complexity index is 919. The van der Waals surface area contributed by atoms with Gasteiger partial charge in [0, 0.05) is 39.3 Å². The molecule has 150 valence electrons. The molecule has 0 saturated carbocycles. The number of anilines is 2. The van der Waals surface area contributed by atoms with Crippen molar-refractivity contribution in [3.8, 4) is 6.07 Å². The highest BCUT2D eigenvalue weighted by Gasteiger charge is 2.20. The number of amides is 2. The number of nitrogens with zero attached hydrogens (tertiary/aromatic N) is 3. The maximum atomic E-state index is 13.9. The molecule has 0 radical (unpaired) electrons. The van der Waals surface area contributed by atoms with E-state index in [2.05, 4.69) is 15.5 Å². The average molecular weight is 395 g/mol. The third-order valence-electron chi connectivity index (χ3n) is 4.78. The molecule has 2 N–H and O–H groups in total. The van der Waals surface area contributed by atoms with Gasteiger partial charge in [-0.25, -0.2) is 4.39 Å². The van der Waals surface area contributed by atoms with E-state index in [0.717, 1.165) is 13.1 Å². The molecule has 2 aromatic rings. The first-order valence-electron chi connectivity index (χ1n) is 9.38. The van der Waals surface area contributed by atoms with Crippen LogP contribution in [0.1, 0.15) is 5.56 Å². The van der Waals surface area contributed by atoms with Crippen LogP contribution in [0.2, 0.25) is 0 Å². The Morgan fingerprint density at radius 2 is 1.69 bits per heavy atom. The van der Waals surface area contributed by atoms with E-state index in [-0.39, 0.29) is 5.82 Å². The van der Waals surface area contributed by atoms with E-state index in [4.69, 9.17) is 5.26 Å². The summed E-state index contributed by atoms with van der Waals surface area (Å²) in [6, 6.07) is 15.2. The molecular weight excluding hydrogens is 373 g/mol. The smallest absolute Gasteiger partial charge is 0.313 e. The van der Waals surface area contributed by atoms with E-state index in [9.17, 15) is 14.0 Å². The van der Waals surface area contributed by atoms with Crippen molar-refractivity contribution < 1.29 is 14.0 Å². The number of nitrogens with one attached hydrogen (secondary N) is 2. The number of carbonyl (C=O) groups excluding carboxylic acids is 2. The van der Waals surface area contributed by atoms with Crippen LogP contribution in [-0.2, 0) is 9.59 Å². The molecule has 7 nitrogen and oxygen atoms in total. The van der Waals surface area contributed by atoms with Crippen molar-refractivity contribution in [2.75, 3.05) is 49.5 Å². The molecule has 0 bridgehead atoms. The largest absolute Gasteiger partial charge is 0.367 e. The molecule has 0 aromatic heterocycles. The Hall–Kier alpha value is -3.44. The zero-order valence-electron chi connectivity index (χ0n) is 15.9. The molecule has 1 heterocycles. The second-order valence-electron chi connectivity index (χ2n) is 6.65. The fourth-order valence-corrected chi connectivity index (χ4v) is 3.20. The maximum absolute atomic E-state index is 13.9. The molecule has 2 amide bonds. The lowest BCUT2D eigenvalue weighted by Gasteiger charge is -2.36. The molecule has 1 aliphatic rings. The molecule has 0 atom stereocenters. The Labute approximate surface area is 168 Å². The summed E-state index contributed by atoms with van der Waals surface area (Å²) >= 11 is 0. The lowest BCUT2D eigenvalue weighted by atomic mass is 10.2. The Kier molecular flexibility index (Phi) is 6.76. The summed E-state index contributed by atoms with van der Waals surface area (Å²) < 4.78 is 13.9. The van der Waals surface area contributed by atoms with E-state index in [1.165, 1.54) is 6.07 Å². The van der Waals surface area contributed by atoms with Crippen molar-refractivity contribution in [2.24, 2.45) is 0 Å². The molecule has 0 spiro atoms. The standard InChI is InChI=1S/C21H22FN5O2/c22-17-6-2-4-8-19(17)27-13-11-26(12-14-27)10-9-24-20(28)21(29)25-18-7-3-1-5-16(18)15-23/h1-8H,9-14H2,(H,24,28)(H,25,29). The lowest BCUT2D eigenvalue weighted by Crippen LogP contribution is -2.49. The topological polar surface area (TPSA) is 88.5 Å². The summed E-state index contributed by atoms with van der Waals surface area (Å²) in [6.07, 6.45) is 0. The van der Waals surface area contributed by atoms with Gasteiger partial charge in [-0.3, -0.25) is 14.5 Å². The van der Waals surface area contributed by atoms with Crippen molar-refractivity contribution in [1.29, 1.82) is 5.26 Å². The summed E-state index contributed by atoms with van der Waals surface area (Å²) in [7, 11) is 0. The van der Waals surface area contributed by atoms with Crippen LogP contribution in [-0.4, -0.2) is 56.0 Å². The molecule has 1 saturated heterocycles. The third kappa shape index (κ3) is 5.30. The zero-order chi connectivity index (χ0) is 20.6. The second-order valence-corrected chi connectivity index (χ2v) is 6.65. The summed E-state index contributed by atoms with van der Waals surface area (Å²) in [4.78, 5) is 28.2. The number of carbonyl (C=O) groups is 2. The van der Waals surface area contributed by atoms with E-state index >= 15 is 0 Å². The van der Waals surface area contributed by atoms with Crippen molar-refractivity contribution in [3.63, 3.8) is 0 Å². The number of hydrogen-bond acceptors (Lipinski definition) is 5. The summed E-state index contributed by atoms with van der Waals surface area (Å²) in [6.45, 7) is 3.79. The number of para-hydroxylation sites is 2. The van der Waals surface area contributed by atoms with Gasteiger partial charge in [0.1, 0.15) is 11.9 Å². The monoisotopic (exact) mass is 395 g/mol. The molecule has 8 heteroatoms. The number of halogens is 1. The quantitative estimate of drug-likeness (QED) is 0.751. The number of hydrogen-bond donors (Lipinski definition) is 2. The number of rotatable bonds is 5. The van der Waals surface area contributed by atoms with E-state index in [0.29, 0.717) is 43.1 Å². The van der Waals surface area contributed by atoms with Crippen molar-refractivity contribution >= 4 is 23.2 Å². The van der Waals surface area contributed by atoms with Crippen molar-refractivity contribution in [2.45, 2.75) is 0 Å². The van der Waals surface area contributed by atoms with Gasteiger partial charge in [-0.15, -0.1) is 0 Å². The minimum absolute atomic E-state index is 0.225. The maximum Gasteiger partial charge on any atom is 0.313 e. The zero-order valence-corrected chi connectivity index (χ0v) is 15.9. The van der Waals surface area contributed by atoms with E-state index in [1.807, 2.05) is 17.0 Å². The molecule has 0 aliphatic carbocycles. The summed E-state index contributed by atoms with van der Waals surface area (Å²) in [5, 5.41) is 14.1. The minimum Gasteiger partial charge on any atom is -0.367 e. The normalized spacial score (nSPS) is 14.1. The molecule has 3 rings (SSSR count). The van der Waals surface area contributed by atoms with Gasteiger partial charge in [0.25, 0.3) is 0 Å². The highest BCUT2D eigenvalue weighted by Crippen LogP contribution is 2.20. The number of piperazine rings is 1. The van der Waals surface area contributed by atoms with Crippen LogP contribution in [0.4, 0.5) is 15.8 Å². The Morgan fingerprint density at radius 3 is 2.41 bits per heavy atom. The van der Waals surface area contributed by atoms with E-state index in [1.54, 1.807) is 36.4 Å². The van der Waals surface area contributed by atoms with Gasteiger partial charge in [0.15, 0.2) is 0 Å². The van der Waals surface area contributed by atoms with Crippen molar-refractivity contribution in [1.82, 2.24) is 10.2 Å². The van der Waals surface area contributed by atoms with Gasteiger partial charge in [-0.1, -0.05) is 24.3 Å². The predicted octanol–water partition coefficient (Wildman–Crippen LogP) is 1.57. The fraction of sp³-hybridized carbons (Fsp3) is 0.286. The number of nitriles is 1.